The van der Waals surface area contributed by atoms with E-state index in [-0.39, 0.29) is 23.8 Å². The Morgan fingerprint density at radius 1 is 1.22 bits per heavy atom. The third kappa shape index (κ3) is 4.80. The number of halogens is 1. The van der Waals surface area contributed by atoms with Gasteiger partial charge in [0.1, 0.15) is 0 Å². The summed E-state index contributed by atoms with van der Waals surface area (Å²) in [5.74, 6) is -0.275. The normalized spacial score (nSPS) is 21.1. The van der Waals surface area contributed by atoms with Crippen molar-refractivity contribution in [2.45, 2.75) is 45.6 Å². The van der Waals surface area contributed by atoms with Gasteiger partial charge in [-0.05, 0) is 43.9 Å². The lowest BCUT2D eigenvalue weighted by Crippen LogP contribution is -2.49. The molecular formula is C18H24BrNO3. The molecule has 1 fully saturated rings. The lowest BCUT2D eigenvalue weighted by molar-refractivity contribution is -0.152. The van der Waals surface area contributed by atoms with Crippen LogP contribution in [-0.4, -0.2) is 36.0 Å². The molecule has 0 saturated carbocycles. The molecule has 1 aliphatic heterocycles. The zero-order chi connectivity index (χ0) is 16.8. The molecule has 1 saturated heterocycles. The highest BCUT2D eigenvalue weighted by Crippen LogP contribution is 2.26. The molecule has 0 aromatic heterocycles. The number of amides is 1. The minimum Gasteiger partial charge on any atom is -0.466 e. The lowest BCUT2D eigenvalue weighted by Gasteiger charge is -2.38. The molecule has 2 rings (SSSR count). The fourth-order valence-electron chi connectivity index (χ4n) is 3.09. The zero-order valence-corrected chi connectivity index (χ0v) is 15.3. The summed E-state index contributed by atoms with van der Waals surface area (Å²) in [4.78, 5) is 26.6. The molecule has 0 bridgehead atoms. The molecule has 5 heteroatoms. The van der Waals surface area contributed by atoms with E-state index in [2.05, 4.69) is 22.9 Å². The quantitative estimate of drug-likeness (QED) is 0.732. The maximum atomic E-state index is 12.7. The fourth-order valence-corrected chi connectivity index (χ4v) is 3.35. The number of esters is 1. The third-order valence-corrected chi connectivity index (χ3v) is 4.92. The molecule has 1 aromatic rings. The SMILES string of the molecule is CCOC(=O)C1CCC(CC)N(C(=O)Cc2ccc(Br)cc2)C1. The van der Waals surface area contributed by atoms with Gasteiger partial charge in [-0.3, -0.25) is 9.59 Å². The van der Waals surface area contributed by atoms with Crippen LogP contribution in [-0.2, 0) is 20.7 Å². The predicted molar refractivity (Wildman–Crippen MR) is 93.0 cm³/mol. The fraction of sp³-hybridized carbons (Fsp3) is 0.556. The standard InChI is InChI=1S/C18H24BrNO3/c1-3-16-10-7-14(18(22)23-4-2)12-20(16)17(21)11-13-5-8-15(19)9-6-13/h5-6,8-9,14,16H,3-4,7,10-12H2,1-2H3. The van der Waals surface area contributed by atoms with Crippen molar-refractivity contribution in [3.8, 4) is 0 Å². The Bertz CT molecular complexity index is 544. The van der Waals surface area contributed by atoms with E-state index < -0.39 is 0 Å². The highest BCUT2D eigenvalue weighted by atomic mass is 79.9. The third-order valence-electron chi connectivity index (χ3n) is 4.39. The van der Waals surface area contributed by atoms with Gasteiger partial charge < -0.3 is 9.64 Å². The van der Waals surface area contributed by atoms with Gasteiger partial charge in [0.15, 0.2) is 0 Å². The van der Waals surface area contributed by atoms with E-state index in [1.54, 1.807) is 0 Å². The number of hydrogen-bond acceptors (Lipinski definition) is 3. The summed E-state index contributed by atoms with van der Waals surface area (Å²) in [5.41, 5.74) is 0.992. The number of piperidine rings is 1. The number of nitrogens with zero attached hydrogens (tertiary/aromatic N) is 1. The zero-order valence-electron chi connectivity index (χ0n) is 13.8. The smallest absolute Gasteiger partial charge is 0.310 e. The van der Waals surface area contributed by atoms with Crippen LogP contribution in [0.25, 0.3) is 0 Å². The summed E-state index contributed by atoms with van der Waals surface area (Å²) < 4.78 is 6.13. The molecular weight excluding hydrogens is 358 g/mol. The number of hydrogen-bond donors (Lipinski definition) is 0. The van der Waals surface area contributed by atoms with Gasteiger partial charge in [0.05, 0.1) is 18.9 Å². The van der Waals surface area contributed by atoms with E-state index >= 15 is 0 Å². The Balaban J connectivity index is 2.04. The number of ether oxygens (including phenoxy) is 1. The molecule has 2 unspecified atom stereocenters. The average Bonchev–Trinajstić information content (AvgIpc) is 2.56. The molecule has 0 spiro atoms. The van der Waals surface area contributed by atoms with Gasteiger partial charge in [-0.1, -0.05) is 35.0 Å². The second kappa shape index (κ2) is 8.48. The molecule has 1 heterocycles. The summed E-state index contributed by atoms with van der Waals surface area (Å²) in [6.45, 7) is 4.77. The van der Waals surface area contributed by atoms with Gasteiger partial charge >= 0.3 is 5.97 Å². The molecule has 4 nitrogen and oxygen atoms in total. The Labute approximate surface area is 146 Å². The molecule has 0 radical (unpaired) electrons. The van der Waals surface area contributed by atoms with Crippen LogP contribution in [0.15, 0.2) is 28.7 Å². The van der Waals surface area contributed by atoms with Crippen molar-refractivity contribution in [3.05, 3.63) is 34.3 Å². The Hall–Kier alpha value is -1.36. The van der Waals surface area contributed by atoms with Gasteiger partial charge in [0.2, 0.25) is 5.91 Å². The van der Waals surface area contributed by atoms with Crippen LogP contribution in [0.3, 0.4) is 0 Å². The van der Waals surface area contributed by atoms with Gasteiger partial charge in [0.25, 0.3) is 0 Å². The molecule has 1 aromatic carbocycles. The number of benzene rings is 1. The van der Waals surface area contributed by atoms with Crippen LogP contribution in [0, 0.1) is 5.92 Å². The van der Waals surface area contributed by atoms with Crippen molar-refractivity contribution in [1.29, 1.82) is 0 Å². The van der Waals surface area contributed by atoms with Crippen molar-refractivity contribution in [3.63, 3.8) is 0 Å². The summed E-state index contributed by atoms with van der Waals surface area (Å²) >= 11 is 3.40. The number of likely N-dealkylation sites (tertiary alicyclic amines) is 1. The highest BCUT2D eigenvalue weighted by Gasteiger charge is 2.34. The van der Waals surface area contributed by atoms with E-state index in [9.17, 15) is 9.59 Å². The Morgan fingerprint density at radius 2 is 1.91 bits per heavy atom. The molecule has 126 valence electrons. The monoisotopic (exact) mass is 381 g/mol. The van der Waals surface area contributed by atoms with Crippen LogP contribution in [0.5, 0.6) is 0 Å². The van der Waals surface area contributed by atoms with Crippen LogP contribution in [0.2, 0.25) is 0 Å². The molecule has 1 amide bonds. The van der Waals surface area contributed by atoms with Gasteiger partial charge in [-0.15, -0.1) is 0 Å². The summed E-state index contributed by atoms with van der Waals surface area (Å²) in [7, 11) is 0. The minimum atomic E-state index is -0.188. The first-order valence-corrected chi connectivity index (χ1v) is 9.05. The lowest BCUT2D eigenvalue weighted by atomic mass is 9.91. The molecule has 0 aliphatic carbocycles. The van der Waals surface area contributed by atoms with Crippen molar-refractivity contribution >= 4 is 27.8 Å². The van der Waals surface area contributed by atoms with E-state index in [0.29, 0.717) is 19.6 Å². The number of carbonyl (C=O) groups is 2. The first kappa shape index (κ1) is 18.0. The van der Waals surface area contributed by atoms with E-state index in [1.807, 2.05) is 36.1 Å². The molecule has 1 aliphatic rings. The van der Waals surface area contributed by atoms with Crippen LogP contribution >= 0.6 is 15.9 Å². The second-order valence-electron chi connectivity index (χ2n) is 5.94. The molecule has 2 atom stereocenters. The Morgan fingerprint density at radius 3 is 2.52 bits per heavy atom. The first-order chi connectivity index (χ1) is 11.0. The van der Waals surface area contributed by atoms with Gasteiger partial charge in [-0.2, -0.15) is 0 Å². The molecule has 23 heavy (non-hydrogen) atoms. The maximum Gasteiger partial charge on any atom is 0.310 e. The van der Waals surface area contributed by atoms with E-state index in [4.69, 9.17) is 4.74 Å². The number of rotatable bonds is 5. The summed E-state index contributed by atoms with van der Waals surface area (Å²) in [5, 5.41) is 0. The summed E-state index contributed by atoms with van der Waals surface area (Å²) in [6.07, 6.45) is 2.96. The van der Waals surface area contributed by atoms with Gasteiger partial charge in [-0.25, -0.2) is 0 Å². The highest BCUT2D eigenvalue weighted by molar-refractivity contribution is 9.10. The van der Waals surface area contributed by atoms with Crippen LogP contribution in [0.4, 0.5) is 0 Å². The first-order valence-electron chi connectivity index (χ1n) is 8.25. The van der Waals surface area contributed by atoms with E-state index in [1.165, 1.54) is 0 Å². The van der Waals surface area contributed by atoms with Crippen molar-refractivity contribution in [2.24, 2.45) is 5.92 Å². The van der Waals surface area contributed by atoms with Crippen LogP contribution in [0.1, 0.15) is 38.7 Å². The predicted octanol–water partition coefficient (Wildman–Crippen LogP) is 3.57. The van der Waals surface area contributed by atoms with E-state index in [0.717, 1.165) is 29.3 Å². The summed E-state index contributed by atoms with van der Waals surface area (Å²) in [6, 6.07) is 8.02. The van der Waals surface area contributed by atoms with Crippen molar-refractivity contribution in [1.82, 2.24) is 4.90 Å². The van der Waals surface area contributed by atoms with Crippen molar-refractivity contribution < 1.29 is 14.3 Å². The second-order valence-corrected chi connectivity index (χ2v) is 6.85. The number of carbonyl (C=O) groups excluding carboxylic acids is 2. The molecule has 0 N–H and O–H groups in total. The maximum absolute atomic E-state index is 12.7. The largest absolute Gasteiger partial charge is 0.466 e. The Kier molecular flexibility index (Phi) is 6.63. The van der Waals surface area contributed by atoms with Crippen molar-refractivity contribution in [2.75, 3.05) is 13.2 Å². The van der Waals surface area contributed by atoms with Gasteiger partial charge in [0, 0.05) is 17.1 Å². The minimum absolute atomic E-state index is 0.0909. The topological polar surface area (TPSA) is 46.6 Å². The average molecular weight is 382 g/mol. The van der Waals surface area contributed by atoms with Crippen LogP contribution < -0.4 is 0 Å².